The van der Waals surface area contributed by atoms with Gasteiger partial charge in [0, 0.05) is 31.4 Å². The maximum Gasteiger partial charge on any atom is 0.339 e. The molecule has 3 aromatic rings. The Morgan fingerprint density at radius 1 is 1.11 bits per heavy atom. The Morgan fingerprint density at radius 2 is 1.81 bits per heavy atom. The molecule has 0 radical (unpaired) electrons. The van der Waals surface area contributed by atoms with Crippen molar-refractivity contribution in [2.24, 2.45) is 0 Å². The summed E-state index contributed by atoms with van der Waals surface area (Å²) in [5.41, 5.74) is 3.38. The Bertz CT molecular complexity index is 1010. The maximum atomic E-state index is 12.5. The third-order valence-corrected chi connectivity index (χ3v) is 4.42. The highest BCUT2D eigenvalue weighted by atomic mass is 16.2. The first-order valence-corrected chi connectivity index (χ1v) is 8.39. The Labute approximate surface area is 156 Å². The van der Waals surface area contributed by atoms with Crippen molar-refractivity contribution in [2.45, 2.75) is 6.92 Å². The third kappa shape index (κ3) is 3.27. The van der Waals surface area contributed by atoms with Crippen molar-refractivity contribution in [1.29, 1.82) is 0 Å². The van der Waals surface area contributed by atoms with Crippen molar-refractivity contribution in [2.75, 3.05) is 19.0 Å². The Morgan fingerprint density at radius 3 is 2.44 bits per heavy atom. The second kappa shape index (κ2) is 7.33. The molecule has 0 atom stereocenters. The average Bonchev–Trinajstić information content (AvgIpc) is 3.04. The second-order valence-electron chi connectivity index (χ2n) is 6.09. The second-order valence-corrected chi connectivity index (χ2v) is 6.09. The summed E-state index contributed by atoms with van der Waals surface area (Å²) in [5.74, 6) is 0. The number of aryl methyl sites for hydroxylation is 1. The number of anilines is 1. The molecule has 1 heterocycles. The number of hydrogen-bond acceptors (Lipinski definition) is 3. The number of hydrogen-bond donors (Lipinski definition) is 1. The van der Waals surface area contributed by atoms with Crippen LogP contribution in [0.3, 0.4) is 0 Å². The molecule has 0 aliphatic rings. The lowest BCUT2D eigenvalue weighted by Gasteiger charge is -2.22. The summed E-state index contributed by atoms with van der Waals surface area (Å²) in [6, 6.07) is 13.9. The number of rotatable bonds is 3. The maximum absolute atomic E-state index is 12.5. The predicted molar refractivity (Wildman–Crippen MR) is 104 cm³/mol. The molecule has 27 heavy (non-hydrogen) atoms. The number of nitrogens with one attached hydrogen (secondary N) is 1. The number of imide groups is 2. The van der Waals surface area contributed by atoms with Gasteiger partial charge in [-0.15, -0.1) is 0 Å². The van der Waals surface area contributed by atoms with Crippen molar-refractivity contribution in [3.8, 4) is 5.69 Å². The molecule has 0 aliphatic carbocycles. The quantitative estimate of drug-likeness (QED) is 0.725. The lowest BCUT2D eigenvalue weighted by molar-refractivity contribution is -0.106. The van der Waals surface area contributed by atoms with Gasteiger partial charge in [-0.2, -0.15) is 0 Å². The molecule has 7 nitrogen and oxygen atoms in total. The first-order valence-electron chi connectivity index (χ1n) is 8.39. The minimum atomic E-state index is -0.733. The first-order chi connectivity index (χ1) is 13.0. The summed E-state index contributed by atoms with van der Waals surface area (Å²) in [6.45, 7) is 1.97. The lowest BCUT2D eigenvalue weighted by Crippen LogP contribution is -2.46. The standard InChI is InChI=1S/C20H20N4O3/c1-14-12-23(15-7-5-4-6-8-15)18-10-9-16(11-17(14)18)24(13-25)20(27)22(3)19(26)21-2/h4-13H,1-3H3,(H,21,26). The van der Waals surface area contributed by atoms with E-state index in [1.54, 1.807) is 12.1 Å². The van der Waals surface area contributed by atoms with Crippen LogP contribution in [0.15, 0.2) is 54.7 Å². The molecular weight excluding hydrogens is 344 g/mol. The van der Waals surface area contributed by atoms with Gasteiger partial charge < -0.3 is 9.88 Å². The molecule has 3 rings (SSSR count). The van der Waals surface area contributed by atoms with Gasteiger partial charge >= 0.3 is 12.1 Å². The van der Waals surface area contributed by atoms with Gasteiger partial charge in [-0.3, -0.25) is 4.79 Å². The number of para-hydroxylation sites is 1. The van der Waals surface area contributed by atoms with E-state index in [0.29, 0.717) is 12.1 Å². The number of fused-ring (bicyclic) bond motifs is 1. The van der Waals surface area contributed by atoms with E-state index in [1.165, 1.54) is 14.1 Å². The summed E-state index contributed by atoms with van der Waals surface area (Å²) >= 11 is 0. The Hall–Kier alpha value is -3.61. The van der Waals surface area contributed by atoms with Crippen LogP contribution in [0.4, 0.5) is 15.3 Å². The van der Waals surface area contributed by atoms with Gasteiger partial charge in [0.15, 0.2) is 0 Å². The molecule has 0 saturated heterocycles. The van der Waals surface area contributed by atoms with E-state index < -0.39 is 12.1 Å². The first kappa shape index (κ1) is 18.2. The molecule has 5 amide bonds. The van der Waals surface area contributed by atoms with Crippen molar-refractivity contribution in [3.05, 3.63) is 60.3 Å². The van der Waals surface area contributed by atoms with Crippen LogP contribution in [-0.4, -0.2) is 42.0 Å². The lowest BCUT2D eigenvalue weighted by atomic mass is 10.1. The summed E-state index contributed by atoms with van der Waals surface area (Å²) in [5, 5.41) is 3.27. The molecule has 0 bridgehead atoms. The van der Waals surface area contributed by atoms with Crippen LogP contribution >= 0.6 is 0 Å². The number of benzene rings is 2. The van der Waals surface area contributed by atoms with E-state index in [-0.39, 0.29) is 0 Å². The van der Waals surface area contributed by atoms with Crippen molar-refractivity contribution < 1.29 is 14.4 Å². The Kier molecular flexibility index (Phi) is 4.94. The fourth-order valence-corrected chi connectivity index (χ4v) is 2.97. The molecule has 0 aliphatic heterocycles. The monoisotopic (exact) mass is 364 g/mol. The fraction of sp³-hybridized carbons (Fsp3) is 0.150. The molecule has 1 aromatic heterocycles. The molecule has 2 aromatic carbocycles. The number of nitrogens with zero attached hydrogens (tertiary/aromatic N) is 3. The highest BCUT2D eigenvalue weighted by molar-refractivity contribution is 6.11. The van der Waals surface area contributed by atoms with Gasteiger partial charge in [0.05, 0.1) is 11.2 Å². The number of carbonyl (C=O) groups excluding carboxylic acids is 3. The van der Waals surface area contributed by atoms with Crippen LogP contribution in [0.5, 0.6) is 0 Å². The summed E-state index contributed by atoms with van der Waals surface area (Å²) in [6.07, 6.45) is 2.42. The van der Waals surface area contributed by atoms with Crippen LogP contribution < -0.4 is 10.2 Å². The minimum absolute atomic E-state index is 0.396. The van der Waals surface area contributed by atoms with Gasteiger partial charge in [0.25, 0.3) is 0 Å². The molecule has 1 N–H and O–H groups in total. The van der Waals surface area contributed by atoms with E-state index in [9.17, 15) is 14.4 Å². The normalized spacial score (nSPS) is 10.5. The van der Waals surface area contributed by atoms with Crippen molar-refractivity contribution in [1.82, 2.24) is 14.8 Å². The zero-order valence-corrected chi connectivity index (χ0v) is 15.3. The minimum Gasteiger partial charge on any atom is -0.341 e. The molecule has 7 heteroatoms. The fourth-order valence-electron chi connectivity index (χ4n) is 2.97. The average molecular weight is 364 g/mol. The summed E-state index contributed by atoms with van der Waals surface area (Å²) < 4.78 is 2.05. The van der Waals surface area contributed by atoms with Gasteiger partial charge in [-0.1, -0.05) is 18.2 Å². The number of urea groups is 2. The highest BCUT2D eigenvalue weighted by Gasteiger charge is 2.24. The van der Waals surface area contributed by atoms with Crippen LogP contribution in [0.2, 0.25) is 0 Å². The van der Waals surface area contributed by atoms with Gasteiger partial charge in [-0.05, 0) is 42.8 Å². The van der Waals surface area contributed by atoms with Crippen LogP contribution in [0, 0.1) is 6.92 Å². The van der Waals surface area contributed by atoms with Crippen LogP contribution in [0.1, 0.15) is 5.56 Å². The van der Waals surface area contributed by atoms with Crippen LogP contribution in [0.25, 0.3) is 16.6 Å². The number of amides is 5. The molecule has 0 fully saturated rings. The van der Waals surface area contributed by atoms with Crippen LogP contribution in [-0.2, 0) is 4.79 Å². The molecular formula is C20H20N4O3. The van der Waals surface area contributed by atoms with E-state index in [1.807, 2.05) is 49.5 Å². The topological polar surface area (TPSA) is 74.7 Å². The van der Waals surface area contributed by atoms with Gasteiger partial charge in [0.2, 0.25) is 6.41 Å². The molecule has 0 unspecified atom stereocenters. The largest absolute Gasteiger partial charge is 0.341 e. The van der Waals surface area contributed by atoms with E-state index >= 15 is 0 Å². The van der Waals surface area contributed by atoms with E-state index in [4.69, 9.17) is 0 Å². The Balaban J connectivity index is 2.04. The smallest absolute Gasteiger partial charge is 0.339 e. The van der Waals surface area contributed by atoms with E-state index in [2.05, 4.69) is 9.88 Å². The van der Waals surface area contributed by atoms with Gasteiger partial charge in [-0.25, -0.2) is 19.4 Å². The molecule has 138 valence electrons. The van der Waals surface area contributed by atoms with Crippen molar-refractivity contribution >= 4 is 35.1 Å². The third-order valence-electron chi connectivity index (χ3n) is 4.42. The number of carbonyl (C=O) groups is 3. The predicted octanol–water partition coefficient (Wildman–Crippen LogP) is 3.29. The summed E-state index contributed by atoms with van der Waals surface area (Å²) in [7, 11) is 2.73. The van der Waals surface area contributed by atoms with Crippen molar-refractivity contribution in [3.63, 3.8) is 0 Å². The SMILES string of the molecule is CNC(=O)N(C)C(=O)N(C=O)c1ccc2c(c1)c(C)cn2-c1ccccc1. The summed E-state index contributed by atoms with van der Waals surface area (Å²) in [4.78, 5) is 37.5. The zero-order chi connectivity index (χ0) is 19.6. The molecule has 0 saturated carbocycles. The van der Waals surface area contributed by atoms with E-state index in [0.717, 1.165) is 32.0 Å². The van der Waals surface area contributed by atoms with Gasteiger partial charge in [0.1, 0.15) is 0 Å². The molecule has 0 spiro atoms. The highest BCUT2D eigenvalue weighted by Crippen LogP contribution is 2.28. The number of aromatic nitrogens is 1. The zero-order valence-electron chi connectivity index (χ0n) is 15.3.